The maximum atomic E-state index is 5.69. The van der Waals surface area contributed by atoms with Gasteiger partial charge in [0.05, 0.1) is 18.2 Å². The first-order valence-corrected chi connectivity index (χ1v) is 5.80. The molecule has 0 aliphatic heterocycles. The number of anilines is 1. The number of nitrogens with two attached hydrogens (primary N) is 1. The highest BCUT2D eigenvalue weighted by atomic mass is 16.5. The molecule has 0 unspecified atom stereocenters. The lowest BCUT2D eigenvalue weighted by atomic mass is 10.2. The highest BCUT2D eigenvalue weighted by Crippen LogP contribution is 2.20. The van der Waals surface area contributed by atoms with Crippen molar-refractivity contribution >= 4 is 5.82 Å². The van der Waals surface area contributed by atoms with Crippen LogP contribution in [0.1, 0.15) is 5.89 Å². The zero-order chi connectivity index (χ0) is 13.1. The van der Waals surface area contributed by atoms with E-state index in [1.807, 2.05) is 16.7 Å². The Balaban J connectivity index is 1.82. The van der Waals surface area contributed by atoms with Crippen molar-refractivity contribution in [1.29, 1.82) is 0 Å². The summed E-state index contributed by atoms with van der Waals surface area (Å²) >= 11 is 0. The molecule has 0 saturated heterocycles. The minimum atomic E-state index is 0.488. The standard InChI is InChI=1S/C12H12N6O/c13-11-5-9(1-3-15-11)10-6-14-8-18(10)4-2-12-16-7-17-19-12/h1,3,5-8H,2,4H2,(H2,13,15). The lowest BCUT2D eigenvalue weighted by Crippen LogP contribution is -2.02. The smallest absolute Gasteiger partial charge is 0.228 e. The van der Waals surface area contributed by atoms with Crippen LogP contribution in [0.15, 0.2) is 41.7 Å². The predicted octanol–water partition coefficient (Wildman–Crippen LogP) is 1.15. The molecule has 0 aliphatic rings. The van der Waals surface area contributed by atoms with Crippen molar-refractivity contribution in [2.45, 2.75) is 13.0 Å². The van der Waals surface area contributed by atoms with Gasteiger partial charge in [0.25, 0.3) is 0 Å². The van der Waals surface area contributed by atoms with E-state index in [1.54, 1.807) is 18.7 Å². The molecule has 96 valence electrons. The van der Waals surface area contributed by atoms with Gasteiger partial charge in [-0.05, 0) is 12.1 Å². The fourth-order valence-corrected chi connectivity index (χ4v) is 1.87. The normalized spacial score (nSPS) is 10.7. The minimum absolute atomic E-state index is 0.488. The van der Waals surface area contributed by atoms with Crippen LogP contribution in [0.3, 0.4) is 0 Å². The predicted molar refractivity (Wildman–Crippen MR) is 67.9 cm³/mol. The van der Waals surface area contributed by atoms with E-state index in [0.717, 1.165) is 11.3 Å². The molecule has 0 aromatic carbocycles. The van der Waals surface area contributed by atoms with E-state index in [0.29, 0.717) is 24.7 Å². The molecule has 3 aromatic heterocycles. The van der Waals surface area contributed by atoms with E-state index in [1.165, 1.54) is 6.33 Å². The number of hydrogen-bond acceptors (Lipinski definition) is 6. The van der Waals surface area contributed by atoms with Crippen LogP contribution in [0.4, 0.5) is 5.82 Å². The topological polar surface area (TPSA) is 95.7 Å². The van der Waals surface area contributed by atoms with Gasteiger partial charge in [0, 0.05) is 24.7 Å². The SMILES string of the molecule is Nc1cc(-c2cncn2CCc2ncno2)ccn1. The molecule has 2 N–H and O–H groups in total. The molecule has 0 bridgehead atoms. The molecule has 3 rings (SSSR count). The van der Waals surface area contributed by atoms with E-state index in [2.05, 4.69) is 20.1 Å². The van der Waals surface area contributed by atoms with Crippen LogP contribution in [0.5, 0.6) is 0 Å². The quantitative estimate of drug-likeness (QED) is 0.752. The van der Waals surface area contributed by atoms with Crippen molar-refractivity contribution in [2.24, 2.45) is 0 Å². The number of nitrogen functional groups attached to an aromatic ring is 1. The van der Waals surface area contributed by atoms with Crippen LogP contribution in [0.2, 0.25) is 0 Å². The maximum absolute atomic E-state index is 5.69. The van der Waals surface area contributed by atoms with Crippen LogP contribution < -0.4 is 5.73 Å². The van der Waals surface area contributed by atoms with Gasteiger partial charge in [-0.3, -0.25) is 0 Å². The number of pyridine rings is 1. The van der Waals surface area contributed by atoms with Gasteiger partial charge >= 0.3 is 0 Å². The van der Waals surface area contributed by atoms with Crippen LogP contribution in [0.25, 0.3) is 11.3 Å². The molecule has 0 spiro atoms. The number of aromatic nitrogens is 5. The summed E-state index contributed by atoms with van der Waals surface area (Å²) in [4.78, 5) is 12.1. The van der Waals surface area contributed by atoms with Crippen molar-refractivity contribution in [2.75, 3.05) is 5.73 Å². The van der Waals surface area contributed by atoms with Crippen molar-refractivity contribution in [3.63, 3.8) is 0 Å². The van der Waals surface area contributed by atoms with Crippen molar-refractivity contribution in [3.8, 4) is 11.3 Å². The van der Waals surface area contributed by atoms with Crippen LogP contribution in [-0.2, 0) is 13.0 Å². The van der Waals surface area contributed by atoms with Gasteiger partial charge in [0.1, 0.15) is 5.82 Å². The molecule has 0 atom stereocenters. The lowest BCUT2D eigenvalue weighted by molar-refractivity contribution is 0.371. The van der Waals surface area contributed by atoms with Crippen molar-refractivity contribution in [3.05, 3.63) is 43.1 Å². The molecule has 0 aliphatic carbocycles. The molecule has 3 heterocycles. The molecule has 0 saturated carbocycles. The Morgan fingerprint density at radius 1 is 1.32 bits per heavy atom. The second-order valence-corrected chi connectivity index (χ2v) is 4.03. The maximum Gasteiger partial charge on any atom is 0.228 e. The van der Waals surface area contributed by atoms with E-state index in [-0.39, 0.29) is 0 Å². The minimum Gasteiger partial charge on any atom is -0.384 e. The zero-order valence-corrected chi connectivity index (χ0v) is 10.1. The Morgan fingerprint density at radius 2 is 2.26 bits per heavy atom. The molecule has 0 amide bonds. The summed E-state index contributed by atoms with van der Waals surface area (Å²) in [5.74, 6) is 1.09. The molecule has 7 nitrogen and oxygen atoms in total. The Morgan fingerprint density at radius 3 is 3.05 bits per heavy atom. The highest BCUT2D eigenvalue weighted by Gasteiger charge is 2.07. The lowest BCUT2D eigenvalue weighted by Gasteiger charge is -2.07. The van der Waals surface area contributed by atoms with Crippen LogP contribution in [-0.4, -0.2) is 24.7 Å². The second kappa shape index (κ2) is 4.89. The van der Waals surface area contributed by atoms with E-state index in [9.17, 15) is 0 Å². The zero-order valence-electron chi connectivity index (χ0n) is 10.1. The van der Waals surface area contributed by atoms with Gasteiger partial charge in [-0.2, -0.15) is 4.98 Å². The number of nitrogens with zero attached hydrogens (tertiary/aromatic N) is 5. The highest BCUT2D eigenvalue weighted by molar-refractivity contribution is 5.61. The van der Waals surface area contributed by atoms with Gasteiger partial charge in [0.2, 0.25) is 5.89 Å². The number of imidazole rings is 1. The molecular weight excluding hydrogens is 244 g/mol. The number of rotatable bonds is 4. The Bertz CT molecular complexity index is 660. The molecule has 0 fully saturated rings. The summed E-state index contributed by atoms with van der Waals surface area (Å²) in [5.41, 5.74) is 7.65. The first-order valence-electron chi connectivity index (χ1n) is 5.80. The summed E-state index contributed by atoms with van der Waals surface area (Å²) in [6.07, 6.45) is 7.29. The average molecular weight is 256 g/mol. The Kier molecular flexibility index (Phi) is 2.93. The van der Waals surface area contributed by atoms with Gasteiger partial charge in [-0.15, -0.1) is 0 Å². The summed E-state index contributed by atoms with van der Waals surface area (Å²) in [6, 6.07) is 3.72. The molecule has 19 heavy (non-hydrogen) atoms. The van der Waals surface area contributed by atoms with Gasteiger partial charge in [0.15, 0.2) is 6.33 Å². The third-order valence-corrected chi connectivity index (χ3v) is 2.76. The first-order chi connectivity index (χ1) is 9.33. The Hall–Kier alpha value is -2.70. The van der Waals surface area contributed by atoms with E-state index in [4.69, 9.17) is 10.3 Å². The fourth-order valence-electron chi connectivity index (χ4n) is 1.87. The largest absolute Gasteiger partial charge is 0.384 e. The summed E-state index contributed by atoms with van der Waals surface area (Å²) in [6.45, 7) is 0.708. The number of aryl methyl sites for hydroxylation is 2. The summed E-state index contributed by atoms with van der Waals surface area (Å²) < 4.78 is 6.98. The first kappa shape index (κ1) is 11.4. The fraction of sp³-hybridized carbons (Fsp3) is 0.167. The second-order valence-electron chi connectivity index (χ2n) is 4.03. The molecular formula is C12H12N6O. The van der Waals surface area contributed by atoms with Gasteiger partial charge < -0.3 is 14.8 Å². The Labute approximate surface area is 109 Å². The van der Waals surface area contributed by atoms with Crippen LogP contribution in [0, 0.1) is 0 Å². The molecule has 0 radical (unpaired) electrons. The third-order valence-electron chi connectivity index (χ3n) is 2.76. The van der Waals surface area contributed by atoms with Gasteiger partial charge in [-0.1, -0.05) is 5.16 Å². The molecule has 3 aromatic rings. The van der Waals surface area contributed by atoms with Crippen molar-refractivity contribution in [1.82, 2.24) is 24.7 Å². The molecule has 7 heteroatoms. The summed E-state index contributed by atoms with van der Waals surface area (Å²) in [5, 5.41) is 3.58. The van der Waals surface area contributed by atoms with Crippen LogP contribution >= 0.6 is 0 Å². The van der Waals surface area contributed by atoms with Crippen molar-refractivity contribution < 1.29 is 4.52 Å². The summed E-state index contributed by atoms with van der Waals surface area (Å²) in [7, 11) is 0. The average Bonchev–Trinajstić information content (AvgIpc) is 3.08. The van der Waals surface area contributed by atoms with Gasteiger partial charge in [-0.25, -0.2) is 9.97 Å². The number of hydrogen-bond donors (Lipinski definition) is 1. The van der Waals surface area contributed by atoms with E-state index >= 15 is 0 Å². The van der Waals surface area contributed by atoms with E-state index < -0.39 is 0 Å². The monoisotopic (exact) mass is 256 g/mol. The third kappa shape index (κ3) is 2.44.